The largest absolute Gasteiger partial charge is 0.485 e. The van der Waals surface area contributed by atoms with Gasteiger partial charge in [0.25, 0.3) is 0 Å². The minimum atomic E-state index is -2.70. The number of alkyl halides is 2. The van der Waals surface area contributed by atoms with E-state index in [2.05, 4.69) is 5.32 Å². The van der Waals surface area contributed by atoms with Gasteiger partial charge in [-0.25, -0.2) is 13.6 Å². The molecule has 2 amide bonds. The number of rotatable bonds is 1. The van der Waals surface area contributed by atoms with E-state index >= 15 is 0 Å². The van der Waals surface area contributed by atoms with Crippen LogP contribution < -0.4 is 10.1 Å². The average Bonchev–Trinajstić information content (AvgIpc) is 2.67. The summed E-state index contributed by atoms with van der Waals surface area (Å²) >= 11 is 6.23. The zero-order valence-electron chi connectivity index (χ0n) is 13.8. The lowest BCUT2D eigenvalue weighted by Gasteiger charge is -2.23. The van der Waals surface area contributed by atoms with Crippen LogP contribution in [0.4, 0.5) is 19.3 Å². The van der Waals surface area contributed by atoms with Gasteiger partial charge >= 0.3 is 6.03 Å². The van der Waals surface area contributed by atoms with Crippen molar-refractivity contribution in [2.45, 2.75) is 51.1 Å². The van der Waals surface area contributed by atoms with Crippen LogP contribution >= 0.6 is 11.6 Å². The van der Waals surface area contributed by atoms with E-state index in [4.69, 9.17) is 16.3 Å². The molecule has 0 unspecified atom stereocenters. The van der Waals surface area contributed by atoms with E-state index in [0.717, 1.165) is 12.0 Å². The van der Waals surface area contributed by atoms with Crippen molar-refractivity contribution in [3.63, 3.8) is 0 Å². The second-order valence-electron chi connectivity index (χ2n) is 7.08. The van der Waals surface area contributed by atoms with Gasteiger partial charge in [0.2, 0.25) is 5.92 Å². The van der Waals surface area contributed by atoms with Gasteiger partial charge in [-0.2, -0.15) is 0 Å². The summed E-state index contributed by atoms with van der Waals surface area (Å²) < 4.78 is 32.8. The van der Waals surface area contributed by atoms with Crippen molar-refractivity contribution in [3.05, 3.63) is 22.7 Å². The molecule has 0 bridgehead atoms. The molecule has 4 nitrogen and oxygen atoms in total. The van der Waals surface area contributed by atoms with Gasteiger partial charge in [0.05, 0.1) is 5.02 Å². The molecule has 0 spiro atoms. The number of hydrogen-bond acceptors (Lipinski definition) is 2. The Balaban J connectivity index is 1.77. The zero-order chi connectivity index (χ0) is 17.5. The lowest BCUT2D eigenvalue weighted by atomic mass is 10.0. The fourth-order valence-electron chi connectivity index (χ4n) is 3.20. The number of likely N-dealkylation sites (tertiary alicyclic amines) is 1. The second kappa shape index (κ2) is 6.06. The summed E-state index contributed by atoms with van der Waals surface area (Å²) in [6.45, 7) is 4.25. The van der Waals surface area contributed by atoms with Gasteiger partial charge < -0.3 is 15.0 Å². The third kappa shape index (κ3) is 3.58. The number of nitrogens with zero attached hydrogens (tertiary/aromatic N) is 1. The van der Waals surface area contributed by atoms with Crippen LogP contribution in [0, 0.1) is 0 Å². The van der Waals surface area contributed by atoms with Gasteiger partial charge in [-0.1, -0.05) is 17.7 Å². The average molecular weight is 359 g/mol. The Morgan fingerprint density at radius 3 is 2.79 bits per heavy atom. The highest BCUT2D eigenvalue weighted by Crippen LogP contribution is 2.44. The maximum Gasteiger partial charge on any atom is 0.321 e. The number of hydrogen-bond donors (Lipinski definition) is 1. The highest BCUT2D eigenvalue weighted by Gasteiger charge is 2.35. The number of amides is 2. The Morgan fingerprint density at radius 2 is 2.04 bits per heavy atom. The number of halogens is 3. The third-order valence-corrected chi connectivity index (χ3v) is 4.74. The molecular formula is C17H21ClF2N2O2. The molecule has 1 aromatic carbocycles. The quantitative estimate of drug-likeness (QED) is 0.790. The van der Waals surface area contributed by atoms with E-state index in [1.54, 1.807) is 6.07 Å². The maximum absolute atomic E-state index is 13.5. The molecule has 0 saturated carbocycles. The predicted molar refractivity (Wildman–Crippen MR) is 89.3 cm³/mol. The van der Waals surface area contributed by atoms with Gasteiger partial charge in [-0.3, -0.25) is 0 Å². The van der Waals surface area contributed by atoms with Gasteiger partial charge in [0, 0.05) is 37.9 Å². The molecule has 0 radical (unpaired) electrons. The van der Waals surface area contributed by atoms with Crippen LogP contribution in [0.2, 0.25) is 5.02 Å². The van der Waals surface area contributed by atoms with Gasteiger partial charge in [0.15, 0.2) is 0 Å². The minimum Gasteiger partial charge on any atom is -0.485 e. The van der Waals surface area contributed by atoms with Crippen molar-refractivity contribution in [1.29, 1.82) is 0 Å². The fourth-order valence-corrected chi connectivity index (χ4v) is 3.39. The molecule has 24 heavy (non-hydrogen) atoms. The lowest BCUT2D eigenvalue weighted by Crippen LogP contribution is -2.36. The molecule has 2 heterocycles. The molecule has 7 heteroatoms. The van der Waals surface area contributed by atoms with E-state index in [9.17, 15) is 13.6 Å². The summed E-state index contributed by atoms with van der Waals surface area (Å²) in [6.07, 6.45) is 0.503. The number of ether oxygens (including phenoxy) is 1. The molecule has 1 fully saturated rings. The first kappa shape index (κ1) is 17.3. The summed E-state index contributed by atoms with van der Waals surface area (Å²) in [6, 6.07) is 3.18. The molecule has 2 aliphatic rings. The molecule has 0 aliphatic carbocycles. The zero-order valence-corrected chi connectivity index (χ0v) is 14.6. The van der Waals surface area contributed by atoms with E-state index in [-0.39, 0.29) is 31.4 Å². The molecular weight excluding hydrogens is 338 g/mol. The molecule has 1 N–H and O–H groups in total. The first-order valence-corrected chi connectivity index (χ1v) is 8.49. The summed E-state index contributed by atoms with van der Waals surface area (Å²) in [5.74, 6) is -2.13. The van der Waals surface area contributed by atoms with Crippen LogP contribution in [0.25, 0.3) is 0 Å². The standard InChI is InChI=1S/C17H21ClF2N2O2/c1-16(2)10-11-4-5-12(18)13(14(11)24-16)21-15(23)22-8-3-6-17(19,20)7-9-22/h4-5H,3,6-10H2,1-2H3,(H,21,23). The number of carbonyl (C=O) groups excluding carboxylic acids is 1. The van der Waals surface area contributed by atoms with E-state index in [0.29, 0.717) is 23.0 Å². The molecule has 1 saturated heterocycles. The Labute approximate surface area is 145 Å². The van der Waals surface area contributed by atoms with Crippen LogP contribution in [0.5, 0.6) is 5.75 Å². The summed E-state index contributed by atoms with van der Waals surface area (Å²) in [7, 11) is 0. The van der Waals surface area contributed by atoms with Crippen molar-refractivity contribution >= 4 is 23.3 Å². The van der Waals surface area contributed by atoms with Crippen LogP contribution in [-0.4, -0.2) is 35.5 Å². The number of anilines is 1. The minimum absolute atomic E-state index is 0.0256. The molecule has 0 aromatic heterocycles. The third-order valence-electron chi connectivity index (χ3n) is 4.42. The fraction of sp³-hybridized carbons (Fsp3) is 0.588. The Hall–Kier alpha value is -1.56. The monoisotopic (exact) mass is 358 g/mol. The van der Waals surface area contributed by atoms with Gasteiger partial charge in [-0.15, -0.1) is 0 Å². The topological polar surface area (TPSA) is 41.6 Å². The summed E-state index contributed by atoms with van der Waals surface area (Å²) in [5.41, 5.74) is 1.03. The van der Waals surface area contributed by atoms with Crippen LogP contribution in [-0.2, 0) is 6.42 Å². The first-order chi connectivity index (χ1) is 11.2. The molecule has 1 aromatic rings. The molecule has 3 rings (SSSR count). The van der Waals surface area contributed by atoms with Crippen molar-refractivity contribution in [2.75, 3.05) is 18.4 Å². The van der Waals surface area contributed by atoms with Crippen LogP contribution in [0.1, 0.15) is 38.7 Å². The van der Waals surface area contributed by atoms with Crippen LogP contribution in [0.15, 0.2) is 12.1 Å². The normalized spacial score (nSPS) is 21.6. The molecule has 2 aliphatic heterocycles. The number of nitrogens with one attached hydrogen (secondary N) is 1. The molecule has 132 valence electrons. The van der Waals surface area contributed by atoms with Crippen molar-refractivity contribution < 1.29 is 18.3 Å². The van der Waals surface area contributed by atoms with Gasteiger partial charge in [0.1, 0.15) is 17.0 Å². The van der Waals surface area contributed by atoms with Crippen LogP contribution in [0.3, 0.4) is 0 Å². The Bertz CT molecular complexity index is 664. The smallest absolute Gasteiger partial charge is 0.321 e. The number of urea groups is 1. The Kier molecular flexibility index (Phi) is 4.36. The van der Waals surface area contributed by atoms with Crippen molar-refractivity contribution in [3.8, 4) is 5.75 Å². The SMILES string of the molecule is CC1(C)Cc2ccc(Cl)c(NC(=O)N3CCCC(F)(F)CC3)c2O1. The number of carbonyl (C=O) groups is 1. The van der Waals surface area contributed by atoms with E-state index < -0.39 is 12.0 Å². The first-order valence-electron chi connectivity index (χ1n) is 8.11. The molecule has 0 atom stereocenters. The highest BCUT2D eigenvalue weighted by atomic mass is 35.5. The lowest BCUT2D eigenvalue weighted by molar-refractivity contribution is -0.0121. The summed E-state index contributed by atoms with van der Waals surface area (Å²) in [4.78, 5) is 13.9. The maximum atomic E-state index is 13.5. The predicted octanol–water partition coefficient (Wildman–Crippen LogP) is 4.71. The van der Waals surface area contributed by atoms with E-state index in [1.165, 1.54) is 4.90 Å². The van der Waals surface area contributed by atoms with Crippen molar-refractivity contribution in [2.24, 2.45) is 0 Å². The van der Waals surface area contributed by atoms with E-state index in [1.807, 2.05) is 19.9 Å². The number of fused-ring (bicyclic) bond motifs is 1. The Morgan fingerprint density at radius 1 is 1.29 bits per heavy atom. The van der Waals surface area contributed by atoms with Crippen molar-refractivity contribution in [1.82, 2.24) is 4.90 Å². The highest BCUT2D eigenvalue weighted by molar-refractivity contribution is 6.34. The second-order valence-corrected chi connectivity index (χ2v) is 7.48. The number of benzene rings is 1. The summed E-state index contributed by atoms with van der Waals surface area (Å²) in [5, 5.41) is 3.13. The van der Waals surface area contributed by atoms with Gasteiger partial charge in [-0.05, 0) is 26.3 Å².